The first-order valence-electron chi connectivity index (χ1n) is 12.9. The predicted molar refractivity (Wildman–Crippen MR) is 160 cm³/mol. The lowest BCUT2D eigenvalue weighted by Crippen LogP contribution is -2.48. The molecule has 1 aliphatic rings. The fraction of sp³-hybridized carbons (Fsp3) is 0.357. The van der Waals surface area contributed by atoms with Crippen LogP contribution in [-0.4, -0.2) is 58.3 Å². The topological polar surface area (TPSA) is 115 Å². The van der Waals surface area contributed by atoms with Crippen molar-refractivity contribution in [3.63, 3.8) is 0 Å². The molecule has 2 heterocycles. The van der Waals surface area contributed by atoms with Gasteiger partial charge in [0, 0.05) is 29.7 Å². The summed E-state index contributed by atoms with van der Waals surface area (Å²) in [6.45, 7) is 5.12. The lowest BCUT2D eigenvalue weighted by molar-refractivity contribution is -0.0579. The summed E-state index contributed by atoms with van der Waals surface area (Å²) in [5.74, 6) is -1.41. The number of aryl methyl sites for hydroxylation is 1. The molecule has 0 radical (unpaired) electrons. The monoisotopic (exact) mass is 618 g/mol. The van der Waals surface area contributed by atoms with E-state index < -0.39 is 41.0 Å². The van der Waals surface area contributed by atoms with Crippen LogP contribution in [0.5, 0.6) is 0 Å². The number of ether oxygens (including phenoxy) is 2. The molecular weight excluding hydrogens is 587 g/mol. The summed E-state index contributed by atoms with van der Waals surface area (Å²) < 4.78 is 25.2. The highest BCUT2D eigenvalue weighted by atomic mass is 32.9. The number of methoxy groups -OCH3 is 1. The molecule has 218 valence electrons. The zero-order chi connectivity index (χ0) is 29.7. The van der Waals surface area contributed by atoms with Gasteiger partial charge in [0.2, 0.25) is 5.69 Å². The summed E-state index contributed by atoms with van der Waals surface area (Å²) in [5.41, 5.74) is -3.66. The van der Waals surface area contributed by atoms with Crippen molar-refractivity contribution in [3.05, 3.63) is 104 Å². The number of carbonyl (C=O) groups is 2. The van der Waals surface area contributed by atoms with Crippen LogP contribution < -0.4 is 11.2 Å². The Morgan fingerprint density at radius 2 is 1.63 bits per heavy atom. The highest BCUT2D eigenvalue weighted by Gasteiger charge is 2.38. The molecule has 41 heavy (non-hydrogen) atoms. The van der Waals surface area contributed by atoms with Crippen LogP contribution >= 0.6 is 17.1 Å². The molecule has 0 aliphatic carbocycles. The van der Waals surface area contributed by atoms with E-state index in [2.05, 4.69) is 0 Å². The number of carbonyl (C=O) groups excluding carboxylic acids is 2. The maximum Gasteiger partial charge on any atom is 0.338 e. The van der Waals surface area contributed by atoms with Crippen LogP contribution in [0.4, 0.5) is 0 Å². The van der Waals surface area contributed by atoms with Crippen LogP contribution in [0.3, 0.4) is 0 Å². The average molecular weight is 619 g/mol. The quantitative estimate of drug-likeness (QED) is 0.244. The third-order valence-electron chi connectivity index (χ3n) is 6.56. The van der Waals surface area contributed by atoms with Gasteiger partial charge in [-0.3, -0.25) is 14.2 Å². The fourth-order valence-electron chi connectivity index (χ4n) is 4.12. The normalized spacial score (nSPS) is 21.8. The molecule has 0 amide bonds. The number of hydrogen-bond donors (Lipinski definition) is 0. The van der Waals surface area contributed by atoms with Crippen molar-refractivity contribution >= 4 is 40.8 Å². The largest absolute Gasteiger partial charge is 0.454 e. The summed E-state index contributed by atoms with van der Waals surface area (Å²) in [4.78, 5) is 52.7. The Morgan fingerprint density at radius 3 is 2.20 bits per heavy atom. The van der Waals surface area contributed by atoms with Gasteiger partial charge in [0.05, 0.1) is 24.8 Å². The van der Waals surface area contributed by atoms with E-state index in [1.54, 1.807) is 48.5 Å². The smallest absolute Gasteiger partial charge is 0.338 e. The molecule has 4 rings (SSSR count). The van der Waals surface area contributed by atoms with Gasteiger partial charge < -0.3 is 18.5 Å². The highest BCUT2D eigenvalue weighted by Crippen LogP contribution is 2.69. The van der Waals surface area contributed by atoms with E-state index in [0.29, 0.717) is 10.1 Å². The van der Waals surface area contributed by atoms with Crippen LogP contribution in [0, 0.1) is 6.92 Å². The van der Waals surface area contributed by atoms with Gasteiger partial charge in [0.1, 0.15) is 12.2 Å². The van der Waals surface area contributed by atoms with Gasteiger partial charge in [0.15, 0.2) is 0 Å². The first-order valence-corrected chi connectivity index (χ1v) is 17.0. The van der Waals surface area contributed by atoms with E-state index in [9.17, 15) is 19.2 Å². The molecule has 0 spiro atoms. The molecule has 5 atom stereocenters. The molecule has 0 N–H and O–H groups in total. The van der Waals surface area contributed by atoms with Gasteiger partial charge in [0.25, 0.3) is 11.5 Å². The molecular formula is C28H31N2O8PS2. The van der Waals surface area contributed by atoms with Crippen LogP contribution in [0.2, 0.25) is 0 Å². The van der Waals surface area contributed by atoms with E-state index in [1.165, 1.54) is 43.7 Å². The minimum atomic E-state index is -2.67. The number of benzene rings is 2. The van der Waals surface area contributed by atoms with Gasteiger partial charge in [-0.25, -0.2) is 9.59 Å². The molecule has 1 aromatic heterocycles. The first kappa shape index (κ1) is 31.1. The number of aromatic nitrogens is 2. The first-order chi connectivity index (χ1) is 19.5. The minimum absolute atomic E-state index is 0.0801. The lowest BCUT2D eigenvalue weighted by Gasteiger charge is -2.28. The second-order valence-corrected chi connectivity index (χ2v) is 16.0. The second kappa shape index (κ2) is 13.4. The van der Waals surface area contributed by atoms with Gasteiger partial charge in [-0.05, 0) is 49.9 Å². The summed E-state index contributed by atoms with van der Waals surface area (Å²) in [6, 6.07) is 16.4. The Kier molecular flexibility index (Phi) is 10.2. The van der Waals surface area contributed by atoms with E-state index in [1.807, 2.05) is 13.8 Å². The van der Waals surface area contributed by atoms with E-state index in [0.717, 1.165) is 4.57 Å². The van der Waals surface area contributed by atoms with Crippen molar-refractivity contribution in [1.29, 1.82) is 0 Å². The Bertz CT molecular complexity index is 1550. The molecule has 1 unspecified atom stereocenters. The standard InChI is InChI=1S/C28H31N2O8PS2/c1-18-15-29(28(34)30(25(18)31)26(32)21-11-7-5-8-12-21)16-23(37-27(33)22-13-9-6-10-14-22)24(35-4)17-36-39(40)38-19(2)20(3)41-39/h5-15,19-20,23-24H,16-17H2,1-4H3/t19-,20+,23+,24-,39?/m1/s1. The zero-order valence-corrected chi connectivity index (χ0v) is 25.5. The number of nitrogens with zero attached hydrogens (tertiary/aromatic N) is 2. The van der Waals surface area contributed by atoms with Crippen molar-refractivity contribution in [2.24, 2.45) is 0 Å². The van der Waals surface area contributed by atoms with Crippen molar-refractivity contribution in [3.8, 4) is 0 Å². The Balaban J connectivity index is 1.67. The maximum absolute atomic E-state index is 13.5. The second-order valence-electron chi connectivity index (χ2n) is 9.51. The SMILES string of the molecule is CO[C@H](COP1(=S)O[C@H](C)[C@H](C)S1)[C@H](Cn1cc(C)c(=O)n(C(=O)c2ccccc2)c1=O)OC(=O)c1ccccc1. The van der Waals surface area contributed by atoms with Crippen LogP contribution in [0.15, 0.2) is 76.4 Å². The van der Waals surface area contributed by atoms with Crippen LogP contribution in [0.25, 0.3) is 0 Å². The van der Waals surface area contributed by atoms with E-state index in [4.69, 9.17) is 30.3 Å². The molecule has 2 aromatic carbocycles. The van der Waals surface area contributed by atoms with Crippen molar-refractivity contribution in [2.45, 2.75) is 50.9 Å². The molecule has 3 aromatic rings. The van der Waals surface area contributed by atoms with Gasteiger partial charge in [-0.1, -0.05) is 54.7 Å². The van der Waals surface area contributed by atoms with Gasteiger partial charge in [-0.15, -0.1) is 0 Å². The van der Waals surface area contributed by atoms with E-state index in [-0.39, 0.29) is 35.6 Å². The zero-order valence-electron chi connectivity index (χ0n) is 23.0. The number of esters is 1. The molecule has 1 saturated heterocycles. The molecule has 13 heteroatoms. The molecule has 0 saturated carbocycles. The van der Waals surface area contributed by atoms with Crippen molar-refractivity contribution < 1.29 is 28.1 Å². The van der Waals surface area contributed by atoms with Crippen LogP contribution in [0.1, 0.15) is 40.1 Å². The molecule has 1 aliphatic heterocycles. The minimum Gasteiger partial charge on any atom is -0.454 e. The van der Waals surface area contributed by atoms with Crippen molar-refractivity contribution in [2.75, 3.05) is 13.7 Å². The summed E-state index contributed by atoms with van der Waals surface area (Å²) in [6.07, 6.45) is -0.678. The highest BCUT2D eigenvalue weighted by molar-refractivity contribution is 8.68. The molecule has 10 nitrogen and oxygen atoms in total. The molecule has 1 fully saturated rings. The third-order valence-corrected chi connectivity index (χ3v) is 12.3. The van der Waals surface area contributed by atoms with E-state index >= 15 is 0 Å². The predicted octanol–water partition coefficient (Wildman–Crippen LogP) is 4.03. The Hall–Kier alpha value is -2.86. The molecule has 0 bridgehead atoms. The van der Waals surface area contributed by atoms with Gasteiger partial charge >= 0.3 is 11.7 Å². The summed E-state index contributed by atoms with van der Waals surface area (Å²) >= 11 is 7.10. The summed E-state index contributed by atoms with van der Waals surface area (Å²) in [5, 5.41) is 0.151. The lowest BCUT2D eigenvalue weighted by atomic mass is 10.2. The number of rotatable bonds is 10. The number of hydrogen-bond acceptors (Lipinski definition) is 10. The Labute approximate surface area is 246 Å². The van der Waals surface area contributed by atoms with Gasteiger partial charge in [-0.2, -0.15) is 4.57 Å². The fourth-order valence-corrected chi connectivity index (χ4v) is 10.4. The average Bonchev–Trinajstić information content (AvgIpc) is 3.23. The Morgan fingerprint density at radius 1 is 1.02 bits per heavy atom. The third kappa shape index (κ3) is 7.32. The van der Waals surface area contributed by atoms with Crippen molar-refractivity contribution in [1.82, 2.24) is 9.13 Å². The van der Waals surface area contributed by atoms with Crippen LogP contribution in [-0.2, 0) is 36.9 Å². The maximum atomic E-state index is 13.5. The summed E-state index contributed by atoms with van der Waals surface area (Å²) in [7, 11) is 1.42.